The zero-order chi connectivity index (χ0) is 20.9. The fourth-order valence-corrected chi connectivity index (χ4v) is 2.29. The number of benzene rings is 2. The second-order valence-corrected chi connectivity index (χ2v) is 5.87. The van der Waals surface area contributed by atoms with Gasteiger partial charge in [0.05, 0.1) is 0 Å². The van der Waals surface area contributed by atoms with Crippen LogP contribution in [0.25, 0.3) is 11.1 Å². The van der Waals surface area contributed by atoms with Crippen LogP contribution >= 0.6 is 0 Å². The maximum absolute atomic E-state index is 11.8. The average molecular weight is 387 g/mol. The number of hydrogen-bond donors (Lipinski definition) is 3. The van der Waals surface area contributed by atoms with Gasteiger partial charge in [-0.3, -0.25) is 4.79 Å². The number of rotatable bonds is 7. The lowest BCUT2D eigenvalue weighted by Gasteiger charge is -2.15. The van der Waals surface area contributed by atoms with E-state index in [9.17, 15) is 4.79 Å². The number of carboxylic acid groups (broad SMARTS) is 2. The Balaban J connectivity index is 0.000000568. The van der Waals surface area contributed by atoms with Gasteiger partial charge in [0, 0.05) is 6.04 Å². The fraction of sp³-hybridized carbons (Fsp3) is 0.286. The van der Waals surface area contributed by atoms with E-state index in [4.69, 9.17) is 24.5 Å². The van der Waals surface area contributed by atoms with Crippen molar-refractivity contribution in [3.63, 3.8) is 0 Å². The van der Waals surface area contributed by atoms with Gasteiger partial charge in [-0.05, 0) is 36.1 Å². The van der Waals surface area contributed by atoms with Gasteiger partial charge >= 0.3 is 11.9 Å². The maximum atomic E-state index is 11.8. The van der Waals surface area contributed by atoms with Gasteiger partial charge in [-0.15, -0.1) is 0 Å². The molecule has 0 heterocycles. The second kappa shape index (κ2) is 12.1. The molecule has 0 aliphatic carbocycles. The normalized spacial score (nSPS) is 9.82. The van der Waals surface area contributed by atoms with Gasteiger partial charge in [-0.25, -0.2) is 9.59 Å². The summed E-state index contributed by atoms with van der Waals surface area (Å²) in [6, 6.07) is 18.2. The van der Waals surface area contributed by atoms with Crippen molar-refractivity contribution < 1.29 is 29.3 Å². The lowest BCUT2D eigenvalue weighted by molar-refractivity contribution is -0.159. The zero-order valence-corrected chi connectivity index (χ0v) is 15.9. The standard InChI is InChI=1S/C19H23NO2.C2H2O4/c1-3-17(4-2)20-19(21)14-22-18-12-10-16(11-13-18)15-8-6-5-7-9-15;3-1(4)2(5)6/h5-13,17H,3-4,14H2,1-2H3,(H,20,21);(H,3,4)(H,5,6). The third-order valence-electron chi connectivity index (χ3n) is 3.87. The van der Waals surface area contributed by atoms with Crippen LogP contribution in [0.3, 0.4) is 0 Å². The van der Waals surface area contributed by atoms with Crippen LogP contribution in [0.1, 0.15) is 26.7 Å². The first kappa shape index (κ1) is 22.7. The monoisotopic (exact) mass is 387 g/mol. The number of carboxylic acids is 2. The van der Waals surface area contributed by atoms with E-state index in [-0.39, 0.29) is 18.6 Å². The fourth-order valence-electron chi connectivity index (χ4n) is 2.29. The molecular weight excluding hydrogens is 362 g/mol. The molecule has 2 rings (SSSR count). The van der Waals surface area contributed by atoms with Gasteiger partial charge in [-0.1, -0.05) is 56.3 Å². The Hall–Kier alpha value is -3.35. The summed E-state index contributed by atoms with van der Waals surface area (Å²) in [7, 11) is 0. The molecule has 7 heteroatoms. The Morgan fingerprint density at radius 3 is 1.82 bits per heavy atom. The highest BCUT2D eigenvalue weighted by Gasteiger charge is 2.09. The number of aliphatic carboxylic acids is 2. The molecule has 0 aromatic heterocycles. The molecule has 1 amide bonds. The molecule has 3 N–H and O–H groups in total. The highest BCUT2D eigenvalue weighted by atomic mass is 16.5. The minimum atomic E-state index is -1.82. The molecule has 0 aliphatic rings. The molecule has 0 saturated heterocycles. The van der Waals surface area contributed by atoms with Gasteiger partial charge in [0.2, 0.25) is 0 Å². The van der Waals surface area contributed by atoms with E-state index >= 15 is 0 Å². The first-order valence-corrected chi connectivity index (χ1v) is 8.91. The van der Waals surface area contributed by atoms with Gasteiger partial charge in [0.1, 0.15) is 5.75 Å². The van der Waals surface area contributed by atoms with Crippen LogP contribution in [0, 0.1) is 0 Å². The smallest absolute Gasteiger partial charge is 0.414 e. The molecular formula is C21H25NO6. The van der Waals surface area contributed by atoms with Crippen molar-refractivity contribution in [1.82, 2.24) is 5.32 Å². The van der Waals surface area contributed by atoms with Crippen LogP contribution in [0.5, 0.6) is 5.75 Å². The van der Waals surface area contributed by atoms with Crippen molar-refractivity contribution in [2.45, 2.75) is 32.7 Å². The number of nitrogens with one attached hydrogen (secondary N) is 1. The maximum Gasteiger partial charge on any atom is 0.414 e. The Bertz CT molecular complexity index is 742. The Labute approximate surface area is 164 Å². The third-order valence-corrected chi connectivity index (χ3v) is 3.87. The Kier molecular flexibility index (Phi) is 9.82. The Morgan fingerprint density at radius 1 is 0.857 bits per heavy atom. The van der Waals surface area contributed by atoms with Gasteiger partial charge in [-0.2, -0.15) is 0 Å². The van der Waals surface area contributed by atoms with Crippen LogP contribution in [-0.4, -0.2) is 40.7 Å². The van der Waals surface area contributed by atoms with E-state index in [2.05, 4.69) is 31.3 Å². The van der Waals surface area contributed by atoms with E-state index in [1.807, 2.05) is 42.5 Å². The topological polar surface area (TPSA) is 113 Å². The Morgan fingerprint density at radius 2 is 1.36 bits per heavy atom. The van der Waals surface area contributed by atoms with Crippen LogP contribution in [0.15, 0.2) is 54.6 Å². The van der Waals surface area contributed by atoms with Crippen molar-refractivity contribution in [3.05, 3.63) is 54.6 Å². The summed E-state index contributed by atoms with van der Waals surface area (Å²) < 4.78 is 5.54. The largest absolute Gasteiger partial charge is 0.484 e. The molecule has 0 spiro atoms. The zero-order valence-electron chi connectivity index (χ0n) is 15.9. The molecule has 2 aromatic rings. The van der Waals surface area contributed by atoms with E-state index in [0.29, 0.717) is 5.75 Å². The number of hydrogen-bond acceptors (Lipinski definition) is 4. The van der Waals surface area contributed by atoms with Gasteiger partial charge in [0.15, 0.2) is 6.61 Å². The minimum Gasteiger partial charge on any atom is -0.484 e. The molecule has 0 fully saturated rings. The molecule has 0 saturated carbocycles. The van der Waals surface area contributed by atoms with E-state index in [1.165, 1.54) is 5.56 Å². The molecule has 0 radical (unpaired) electrons. The van der Waals surface area contributed by atoms with Crippen LogP contribution < -0.4 is 10.1 Å². The van der Waals surface area contributed by atoms with Gasteiger partial charge < -0.3 is 20.3 Å². The molecule has 28 heavy (non-hydrogen) atoms. The lowest BCUT2D eigenvalue weighted by atomic mass is 10.1. The molecule has 150 valence electrons. The average Bonchev–Trinajstić information content (AvgIpc) is 2.72. The number of amides is 1. The highest BCUT2D eigenvalue weighted by Crippen LogP contribution is 2.21. The molecule has 0 aliphatic heterocycles. The van der Waals surface area contributed by atoms with E-state index in [0.717, 1.165) is 18.4 Å². The molecule has 2 aromatic carbocycles. The molecule has 0 bridgehead atoms. The second-order valence-electron chi connectivity index (χ2n) is 5.87. The number of ether oxygens (including phenoxy) is 1. The summed E-state index contributed by atoms with van der Waals surface area (Å²) in [6.07, 6.45) is 1.88. The quantitative estimate of drug-likeness (QED) is 0.629. The number of carbonyl (C=O) groups is 3. The SMILES string of the molecule is CCC(CC)NC(=O)COc1ccc(-c2ccccc2)cc1.O=C(O)C(=O)O. The highest BCUT2D eigenvalue weighted by molar-refractivity contribution is 6.27. The van der Waals surface area contributed by atoms with Crippen LogP contribution in [0.4, 0.5) is 0 Å². The van der Waals surface area contributed by atoms with Crippen molar-refractivity contribution in [3.8, 4) is 16.9 Å². The predicted octanol–water partition coefficient (Wildman–Crippen LogP) is 3.19. The summed E-state index contributed by atoms with van der Waals surface area (Å²) >= 11 is 0. The summed E-state index contributed by atoms with van der Waals surface area (Å²) in [5, 5.41) is 17.7. The number of carbonyl (C=O) groups excluding carboxylic acids is 1. The van der Waals surface area contributed by atoms with Crippen molar-refractivity contribution in [2.75, 3.05) is 6.61 Å². The summed E-state index contributed by atoms with van der Waals surface area (Å²) in [5.41, 5.74) is 2.30. The van der Waals surface area contributed by atoms with Crippen molar-refractivity contribution >= 4 is 17.8 Å². The first-order chi connectivity index (χ1) is 13.4. The summed E-state index contributed by atoms with van der Waals surface area (Å²) in [5.74, 6) is -3.01. The summed E-state index contributed by atoms with van der Waals surface area (Å²) in [4.78, 5) is 30.0. The predicted molar refractivity (Wildman–Crippen MR) is 105 cm³/mol. The third kappa shape index (κ3) is 8.35. The summed E-state index contributed by atoms with van der Waals surface area (Å²) in [6.45, 7) is 4.19. The minimum absolute atomic E-state index is 0.0567. The van der Waals surface area contributed by atoms with Crippen molar-refractivity contribution in [1.29, 1.82) is 0 Å². The molecule has 0 unspecified atom stereocenters. The first-order valence-electron chi connectivity index (χ1n) is 8.91. The van der Waals surface area contributed by atoms with E-state index in [1.54, 1.807) is 0 Å². The van der Waals surface area contributed by atoms with Gasteiger partial charge in [0.25, 0.3) is 5.91 Å². The molecule has 0 atom stereocenters. The van der Waals surface area contributed by atoms with Crippen molar-refractivity contribution in [2.24, 2.45) is 0 Å². The van der Waals surface area contributed by atoms with E-state index < -0.39 is 11.9 Å². The lowest BCUT2D eigenvalue weighted by Crippen LogP contribution is -2.37. The van der Waals surface area contributed by atoms with Crippen LogP contribution in [0.2, 0.25) is 0 Å². The molecule has 7 nitrogen and oxygen atoms in total. The van der Waals surface area contributed by atoms with Crippen LogP contribution in [-0.2, 0) is 14.4 Å².